The van der Waals surface area contributed by atoms with E-state index in [1.807, 2.05) is 6.92 Å². The first-order chi connectivity index (χ1) is 5.81. The Balaban J connectivity index is 3.07. The van der Waals surface area contributed by atoms with Gasteiger partial charge in [-0.3, -0.25) is 0 Å². The minimum atomic E-state index is -1.98. The Morgan fingerprint density at radius 1 is 1.58 bits per heavy atom. The molecular formula is C6H13O5P. The summed E-state index contributed by atoms with van der Waals surface area (Å²) in [5, 5.41) is 4.12. The monoisotopic (exact) mass is 196 g/mol. The standard InChI is InChI=1S/C6H13O5P/c1-3-5-8-10-11-12(7)9-6-4-2/h3,7H,1,4-6H2,2H3. The first-order valence-electron chi connectivity index (χ1n) is 3.50. The second-order valence-corrected chi connectivity index (χ2v) is 2.67. The molecule has 0 spiro atoms. The van der Waals surface area contributed by atoms with Crippen LogP contribution in [0.25, 0.3) is 0 Å². The van der Waals surface area contributed by atoms with E-state index >= 15 is 0 Å². The van der Waals surface area contributed by atoms with Crippen molar-refractivity contribution in [2.75, 3.05) is 13.2 Å². The fourth-order valence-corrected chi connectivity index (χ4v) is 0.791. The Bertz CT molecular complexity index is 110. The van der Waals surface area contributed by atoms with E-state index in [0.29, 0.717) is 6.61 Å². The molecule has 0 aliphatic heterocycles. The van der Waals surface area contributed by atoms with Gasteiger partial charge in [0.05, 0.1) is 6.61 Å². The van der Waals surface area contributed by atoms with E-state index in [2.05, 4.69) is 21.2 Å². The van der Waals surface area contributed by atoms with E-state index < -0.39 is 8.60 Å². The number of rotatable bonds is 8. The molecule has 0 saturated heterocycles. The summed E-state index contributed by atoms with van der Waals surface area (Å²) in [5.74, 6) is 0. The molecule has 0 aromatic carbocycles. The molecule has 0 aliphatic rings. The molecule has 0 saturated carbocycles. The van der Waals surface area contributed by atoms with Crippen molar-refractivity contribution >= 4 is 8.60 Å². The highest BCUT2D eigenvalue weighted by Gasteiger charge is 2.06. The molecule has 0 aromatic rings. The normalized spacial score (nSPS) is 12.8. The second-order valence-electron chi connectivity index (χ2n) is 1.79. The zero-order valence-electron chi connectivity index (χ0n) is 6.93. The van der Waals surface area contributed by atoms with Crippen molar-refractivity contribution in [2.45, 2.75) is 13.3 Å². The summed E-state index contributed by atoms with van der Waals surface area (Å²) < 4.78 is 9.01. The van der Waals surface area contributed by atoms with Crippen molar-refractivity contribution in [3.63, 3.8) is 0 Å². The summed E-state index contributed by atoms with van der Waals surface area (Å²) in [6, 6.07) is 0. The highest BCUT2D eigenvalue weighted by molar-refractivity contribution is 7.40. The Labute approximate surface area is 72.7 Å². The van der Waals surface area contributed by atoms with E-state index in [4.69, 9.17) is 9.42 Å². The van der Waals surface area contributed by atoms with Crippen LogP contribution in [-0.4, -0.2) is 18.1 Å². The summed E-state index contributed by atoms with van der Waals surface area (Å²) in [7, 11) is -1.98. The lowest BCUT2D eigenvalue weighted by molar-refractivity contribution is -0.465. The Kier molecular flexibility index (Phi) is 9.04. The quantitative estimate of drug-likeness (QED) is 0.210. The van der Waals surface area contributed by atoms with Gasteiger partial charge in [0.1, 0.15) is 6.61 Å². The lowest BCUT2D eigenvalue weighted by Gasteiger charge is -2.06. The molecule has 0 amide bonds. The average molecular weight is 196 g/mol. The molecule has 0 aromatic heterocycles. The summed E-state index contributed by atoms with van der Waals surface area (Å²) >= 11 is 0. The van der Waals surface area contributed by atoms with Gasteiger partial charge in [0.15, 0.2) is 0 Å². The molecule has 6 heteroatoms. The Morgan fingerprint density at radius 2 is 2.33 bits per heavy atom. The van der Waals surface area contributed by atoms with Crippen molar-refractivity contribution in [1.29, 1.82) is 0 Å². The molecule has 0 aliphatic carbocycles. The van der Waals surface area contributed by atoms with Crippen molar-refractivity contribution in [3.8, 4) is 0 Å². The van der Waals surface area contributed by atoms with Crippen LogP contribution in [0.4, 0.5) is 0 Å². The lowest BCUT2D eigenvalue weighted by Crippen LogP contribution is -1.95. The highest BCUT2D eigenvalue weighted by atomic mass is 31.2. The molecule has 0 heterocycles. The third kappa shape index (κ3) is 8.07. The SMILES string of the molecule is C=CCOOOP(O)OCCC. The first-order valence-corrected chi connectivity index (χ1v) is 4.63. The zero-order valence-corrected chi connectivity index (χ0v) is 7.83. The second kappa shape index (κ2) is 9.06. The maximum Gasteiger partial charge on any atom is 0.363 e. The lowest BCUT2D eigenvalue weighted by atomic mass is 10.5. The van der Waals surface area contributed by atoms with Crippen LogP contribution in [0, 0.1) is 0 Å². The molecule has 72 valence electrons. The van der Waals surface area contributed by atoms with Crippen molar-refractivity contribution in [3.05, 3.63) is 12.7 Å². The van der Waals surface area contributed by atoms with Gasteiger partial charge in [-0.1, -0.05) is 18.0 Å². The van der Waals surface area contributed by atoms with Crippen molar-refractivity contribution in [1.82, 2.24) is 0 Å². The van der Waals surface area contributed by atoms with E-state index in [9.17, 15) is 0 Å². The van der Waals surface area contributed by atoms with E-state index in [0.717, 1.165) is 6.42 Å². The third-order valence-corrected chi connectivity index (χ3v) is 1.33. The van der Waals surface area contributed by atoms with Crippen LogP contribution in [0.5, 0.6) is 0 Å². The van der Waals surface area contributed by atoms with Crippen LogP contribution in [0.2, 0.25) is 0 Å². The molecule has 0 fully saturated rings. The van der Waals surface area contributed by atoms with Crippen LogP contribution in [-0.2, 0) is 19.1 Å². The van der Waals surface area contributed by atoms with Crippen molar-refractivity contribution < 1.29 is 24.0 Å². The van der Waals surface area contributed by atoms with Gasteiger partial charge in [0.2, 0.25) is 0 Å². The molecule has 12 heavy (non-hydrogen) atoms. The third-order valence-electron chi connectivity index (χ3n) is 0.734. The van der Waals surface area contributed by atoms with Gasteiger partial charge in [0, 0.05) is 0 Å². The summed E-state index contributed by atoms with van der Waals surface area (Å²) in [6.45, 7) is 5.91. The highest BCUT2D eigenvalue weighted by Crippen LogP contribution is 2.32. The maximum atomic E-state index is 8.87. The van der Waals surface area contributed by atoms with E-state index in [-0.39, 0.29) is 6.61 Å². The summed E-state index contributed by atoms with van der Waals surface area (Å²) in [5.41, 5.74) is 0. The Morgan fingerprint density at radius 3 is 2.92 bits per heavy atom. The van der Waals surface area contributed by atoms with E-state index in [1.54, 1.807) is 0 Å². The molecule has 0 bridgehead atoms. The molecule has 0 rings (SSSR count). The van der Waals surface area contributed by atoms with Gasteiger partial charge in [0.25, 0.3) is 0 Å². The topological polar surface area (TPSA) is 57.2 Å². The molecule has 1 N–H and O–H groups in total. The van der Waals surface area contributed by atoms with Gasteiger partial charge < -0.3 is 9.42 Å². The van der Waals surface area contributed by atoms with Gasteiger partial charge >= 0.3 is 8.60 Å². The van der Waals surface area contributed by atoms with Gasteiger partial charge in [-0.2, -0.15) is 0 Å². The summed E-state index contributed by atoms with van der Waals surface area (Å²) in [6.07, 6.45) is 2.28. The zero-order chi connectivity index (χ0) is 9.23. The minimum absolute atomic E-state index is 0.191. The van der Waals surface area contributed by atoms with Crippen molar-refractivity contribution in [2.24, 2.45) is 0 Å². The van der Waals surface area contributed by atoms with Gasteiger partial charge in [-0.15, -0.1) is 11.3 Å². The van der Waals surface area contributed by atoms with E-state index in [1.165, 1.54) is 6.08 Å². The van der Waals surface area contributed by atoms with Crippen LogP contribution < -0.4 is 0 Å². The van der Waals surface area contributed by atoms with Crippen LogP contribution >= 0.6 is 8.60 Å². The number of hydrogen-bond acceptors (Lipinski definition) is 5. The Hall–Kier alpha value is -0.0300. The molecule has 1 unspecified atom stereocenters. The predicted molar refractivity (Wildman–Crippen MR) is 43.7 cm³/mol. The predicted octanol–water partition coefficient (Wildman–Crippen LogP) is 1.70. The fourth-order valence-electron chi connectivity index (χ4n) is 0.314. The fraction of sp³-hybridized carbons (Fsp3) is 0.667. The molecule has 0 radical (unpaired) electrons. The first kappa shape index (κ1) is 12.0. The summed E-state index contributed by atoms with van der Waals surface area (Å²) in [4.78, 5) is 13.2. The van der Waals surface area contributed by atoms with Crippen LogP contribution in [0.1, 0.15) is 13.3 Å². The van der Waals surface area contributed by atoms with Gasteiger partial charge in [-0.25, -0.2) is 4.89 Å². The van der Waals surface area contributed by atoms with Crippen LogP contribution in [0.15, 0.2) is 12.7 Å². The number of hydrogen-bond donors (Lipinski definition) is 1. The molecular weight excluding hydrogens is 183 g/mol. The van der Waals surface area contributed by atoms with Crippen LogP contribution in [0.3, 0.4) is 0 Å². The minimum Gasteiger partial charge on any atom is -0.326 e. The largest absolute Gasteiger partial charge is 0.363 e. The maximum absolute atomic E-state index is 8.87. The average Bonchev–Trinajstić information content (AvgIpc) is 2.09. The smallest absolute Gasteiger partial charge is 0.326 e. The molecule has 5 nitrogen and oxygen atoms in total. The van der Waals surface area contributed by atoms with Gasteiger partial charge in [-0.05, 0) is 6.42 Å². The molecule has 1 atom stereocenters.